The van der Waals surface area contributed by atoms with E-state index in [4.69, 9.17) is 0 Å². The summed E-state index contributed by atoms with van der Waals surface area (Å²) in [4.78, 5) is 4.57. The first-order valence-electron chi connectivity index (χ1n) is 5.15. The van der Waals surface area contributed by atoms with E-state index >= 15 is 0 Å². The second-order valence-electron chi connectivity index (χ2n) is 3.79. The highest BCUT2D eigenvalue weighted by Gasteiger charge is 2.04. The van der Waals surface area contributed by atoms with E-state index in [9.17, 15) is 0 Å². The van der Waals surface area contributed by atoms with Crippen LogP contribution in [0.1, 0.15) is 10.6 Å². The molecule has 16 heavy (non-hydrogen) atoms. The highest BCUT2D eigenvalue weighted by Crippen LogP contribution is 2.21. The highest BCUT2D eigenvalue weighted by molar-refractivity contribution is 7.18. The van der Waals surface area contributed by atoms with Gasteiger partial charge >= 0.3 is 0 Å². The minimum atomic E-state index is 0.757. The lowest BCUT2D eigenvalue weighted by atomic mass is 10.3. The summed E-state index contributed by atoms with van der Waals surface area (Å²) < 4.78 is 3.16. The standard InChI is InChI=1S/C12H11N3S/c1-9-6-13-15(7-9)8-12-14-10-4-2-3-5-11(10)16-12/h2-7H,8H2,1H3. The molecule has 0 saturated carbocycles. The first-order chi connectivity index (χ1) is 7.81. The van der Waals surface area contributed by atoms with Gasteiger partial charge in [-0.15, -0.1) is 11.3 Å². The lowest BCUT2D eigenvalue weighted by Crippen LogP contribution is -1.98. The van der Waals surface area contributed by atoms with Gasteiger partial charge in [-0.2, -0.15) is 5.10 Å². The van der Waals surface area contributed by atoms with E-state index in [1.54, 1.807) is 11.3 Å². The van der Waals surface area contributed by atoms with Crippen molar-refractivity contribution >= 4 is 21.6 Å². The van der Waals surface area contributed by atoms with E-state index in [0.717, 1.165) is 17.1 Å². The number of para-hydroxylation sites is 1. The number of aryl methyl sites for hydroxylation is 1. The summed E-state index contributed by atoms with van der Waals surface area (Å²) in [5.74, 6) is 0. The van der Waals surface area contributed by atoms with Crippen molar-refractivity contribution in [3.8, 4) is 0 Å². The molecule has 0 fully saturated rings. The van der Waals surface area contributed by atoms with Gasteiger partial charge in [-0.3, -0.25) is 4.68 Å². The summed E-state index contributed by atoms with van der Waals surface area (Å²) >= 11 is 1.73. The molecule has 0 aliphatic carbocycles. The molecule has 0 unspecified atom stereocenters. The van der Waals surface area contributed by atoms with Gasteiger partial charge in [0.1, 0.15) is 5.01 Å². The Kier molecular flexibility index (Phi) is 2.22. The van der Waals surface area contributed by atoms with E-state index in [-0.39, 0.29) is 0 Å². The predicted octanol–water partition coefficient (Wildman–Crippen LogP) is 2.85. The van der Waals surface area contributed by atoms with Crippen LogP contribution in [-0.2, 0) is 6.54 Å². The molecule has 0 spiro atoms. The molecule has 4 heteroatoms. The summed E-state index contributed by atoms with van der Waals surface area (Å²) in [7, 11) is 0. The maximum absolute atomic E-state index is 4.57. The van der Waals surface area contributed by atoms with Crippen LogP contribution in [0.3, 0.4) is 0 Å². The van der Waals surface area contributed by atoms with Gasteiger partial charge in [0.15, 0.2) is 0 Å². The SMILES string of the molecule is Cc1cnn(Cc2nc3ccccc3s2)c1. The second kappa shape index (κ2) is 3.72. The molecule has 2 heterocycles. The Hall–Kier alpha value is -1.68. The number of thiazole rings is 1. The molecule has 0 bridgehead atoms. The van der Waals surface area contributed by atoms with Crippen LogP contribution in [0.4, 0.5) is 0 Å². The lowest BCUT2D eigenvalue weighted by Gasteiger charge is -1.95. The molecule has 2 aromatic heterocycles. The topological polar surface area (TPSA) is 30.7 Å². The van der Waals surface area contributed by atoms with E-state index in [1.165, 1.54) is 10.3 Å². The Labute approximate surface area is 97.4 Å². The van der Waals surface area contributed by atoms with Crippen LogP contribution in [0.5, 0.6) is 0 Å². The van der Waals surface area contributed by atoms with Crippen LogP contribution in [0.25, 0.3) is 10.2 Å². The van der Waals surface area contributed by atoms with Crippen LogP contribution in [-0.4, -0.2) is 14.8 Å². The zero-order valence-corrected chi connectivity index (χ0v) is 9.74. The zero-order chi connectivity index (χ0) is 11.0. The Bertz CT molecular complexity index is 591. The van der Waals surface area contributed by atoms with Gasteiger partial charge in [-0.25, -0.2) is 4.98 Å². The number of benzene rings is 1. The fourth-order valence-electron chi connectivity index (χ4n) is 1.68. The third-order valence-electron chi connectivity index (χ3n) is 2.40. The molecular weight excluding hydrogens is 218 g/mol. The molecule has 1 aromatic carbocycles. The Balaban J connectivity index is 1.95. The van der Waals surface area contributed by atoms with Crippen LogP contribution < -0.4 is 0 Å². The van der Waals surface area contributed by atoms with Crippen molar-refractivity contribution in [1.29, 1.82) is 0 Å². The maximum atomic E-state index is 4.57. The molecule has 0 aliphatic heterocycles. The lowest BCUT2D eigenvalue weighted by molar-refractivity contribution is 0.684. The second-order valence-corrected chi connectivity index (χ2v) is 4.91. The van der Waals surface area contributed by atoms with Gasteiger partial charge in [0.05, 0.1) is 23.0 Å². The monoisotopic (exact) mass is 229 g/mol. The first kappa shape index (κ1) is 9.54. The van der Waals surface area contributed by atoms with Gasteiger partial charge in [-0.1, -0.05) is 12.1 Å². The quantitative estimate of drug-likeness (QED) is 0.676. The molecule has 0 atom stereocenters. The van der Waals surface area contributed by atoms with E-state index in [2.05, 4.69) is 16.1 Å². The maximum Gasteiger partial charge on any atom is 0.115 e. The molecule has 3 nitrogen and oxygen atoms in total. The molecular formula is C12H11N3S. The van der Waals surface area contributed by atoms with Gasteiger partial charge in [-0.05, 0) is 24.6 Å². The average molecular weight is 229 g/mol. The number of rotatable bonds is 2. The third kappa shape index (κ3) is 1.72. The predicted molar refractivity (Wildman–Crippen MR) is 65.7 cm³/mol. The average Bonchev–Trinajstić information content (AvgIpc) is 2.84. The van der Waals surface area contributed by atoms with Gasteiger partial charge in [0.25, 0.3) is 0 Å². The highest BCUT2D eigenvalue weighted by atomic mass is 32.1. The summed E-state index contributed by atoms with van der Waals surface area (Å²) in [5.41, 5.74) is 2.26. The minimum Gasteiger partial charge on any atom is -0.266 e. The third-order valence-corrected chi connectivity index (χ3v) is 3.42. The Morgan fingerprint density at radius 3 is 2.94 bits per heavy atom. The van der Waals surface area contributed by atoms with Crippen LogP contribution in [0, 0.1) is 6.92 Å². The number of hydrogen-bond acceptors (Lipinski definition) is 3. The molecule has 0 N–H and O–H groups in total. The van der Waals surface area contributed by atoms with Gasteiger partial charge < -0.3 is 0 Å². The van der Waals surface area contributed by atoms with E-state index in [1.807, 2.05) is 42.2 Å². The molecule has 3 aromatic rings. The number of hydrogen-bond donors (Lipinski definition) is 0. The molecule has 3 rings (SSSR count). The van der Waals surface area contributed by atoms with Crippen LogP contribution >= 0.6 is 11.3 Å². The summed E-state index contributed by atoms with van der Waals surface area (Å²) in [6.07, 6.45) is 3.90. The largest absolute Gasteiger partial charge is 0.266 e. The van der Waals surface area contributed by atoms with Crippen molar-refractivity contribution in [3.05, 3.63) is 47.2 Å². The van der Waals surface area contributed by atoms with Gasteiger partial charge in [0.2, 0.25) is 0 Å². The molecule has 0 aliphatic rings. The number of aromatic nitrogens is 3. The van der Waals surface area contributed by atoms with E-state index in [0.29, 0.717) is 0 Å². The number of nitrogens with zero attached hydrogens (tertiary/aromatic N) is 3. The number of fused-ring (bicyclic) bond motifs is 1. The van der Waals surface area contributed by atoms with Crippen molar-refractivity contribution < 1.29 is 0 Å². The molecule has 0 amide bonds. The zero-order valence-electron chi connectivity index (χ0n) is 8.92. The summed E-state index contributed by atoms with van der Waals surface area (Å²) in [6.45, 7) is 2.80. The summed E-state index contributed by atoms with van der Waals surface area (Å²) in [5, 5.41) is 5.37. The Morgan fingerprint density at radius 2 is 2.19 bits per heavy atom. The van der Waals surface area contributed by atoms with Crippen LogP contribution in [0.15, 0.2) is 36.7 Å². The Morgan fingerprint density at radius 1 is 1.31 bits per heavy atom. The fraction of sp³-hybridized carbons (Fsp3) is 0.167. The van der Waals surface area contributed by atoms with E-state index < -0.39 is 0 Å². The van der Waals surface area contributed by atoms with Crippen LogP contribution in [0.2, 0.25) is 0 Å². The van der Waals surface area contributed by atoms with Gasteiger partial charge in [0, 0.05) is 6.20 Å². The van der Waals surface area contributed by atoms with Crippen molar-refractivity contribution in [1.82, 2.24) is 14.8 Å². The smallest absolute Gasteiger partial charge is 0.115 e. The molecule has 0 saturated heterocycles. The van der Waals surface area contributed by atoms with Crippen molar-refractivity contribution in [2.75, 3.05) is 0 Å². The molecule has 80 valence electrons. The normalized spacial score (nSPS) is 11.1. The first-order valence-corrected chi connectivity index (χ1v) is 5.96. The van der Waals surface area contributed by atoms with Crippen molar-refractivity contribution in [3.63, 3.8) is 0 Å². The minimum absolute atomic E-state index is 0.757. The molecule has 0 radical (unpaired) electrons. The van der Waals surface area contributed by atoms with Crippen molar-refractivity contribution in [2.45, 2.75) is 13.5 Å². The fourth-order valence-corrected chi connectivity index (χ4v) is 2.64. The summed E-state index contributed by atoms with van der Waals surface area (Å²) in [6, 6.07) is 8.21. The van der Waals surface area contributed by atoms with Crippen molar-refractivity contribution in [2.24, 2.45) is 0 Å².